The number of halogens is 1. The molecule has 0 saturated carbocycles. The molecule has 5 aromatic rings. The molecule has 1 aromatic heterocycles. The molecule has 0 amide bonds. The van der Waals surface area contributed by atoms with E-state index in [0.717, 1.165) is 22.3 Å². The van der Waals surface area contributed by atoms with Crippen LogP contribution in [-0.2, 0) is 16.1 Å². The Hall–Kier alpha value is -4.72. The minimum absolute atomic E-state index is 0.200. The average Bonchev–Trinajstić information content (AvgIpc) is 3.38. The maximum Gasteiger partial charge on any atom is 0.338 e. The number of carbonyl (C=O) groups is 1. The van der Waals surface area contributed by atoms with Crippen molar-refractivity contribution in [3.8, 4) is 5.75 Å². The molecule has 4 aromatic carbocycles. The third-order valence-electron chi connectivity index (χ3n) is 7.82. The van der Waals surface area contributed by atoms with Gasteiger partial charge in [-0.25, -0.2) is 9.79 Å². The summed E-state index contributed by atoms with van der Waals surface area (Å²) in [6.07, 6.45) is 1.84. The minimum atomic E-state index is -0.713. The zero-order valence-corrected chi connectivity index (χ0v) is 27.3. The summed E-state index contributed by atoms with van der Waals surface area (Å²) in [5, 5.41) is 0.658. The summed E-state index contributed by atoms with van der Waals surface area (Å²) in [7, 11) is 0. The molecule has 0 saturated heterocycles. The highest BCUT2D eigenvalue weighted by Gasteiger charge is 2.35. The predicted molar refractivity (Wildman–Crippen MR) is 184 cm³/mol. The van der Waals surface area contributed by atoms with E-state index in [1.165, 1.54) is 16.9 Å². The molecule has 0 N–H and O–H groups in total. The molecule has 232 valence electrons. The van der Waals surface area contributed by atoms with Crippen LogP contribution in [0, 0.1) is 0 Å². The number of nitrogens with zero attached hydrogens (tertiary/aromatic N) is 2. The highest BCUT2D eigenvalue weighted by molar-refractivity contribution is 7.07. The number of rotatable bonds is 9. The molecule has 2 heterocycles. The summed E-state index contributed by atoms with van der Waals surface area (Å²) in [4.78, 5) is 33.3. The van der Waals surface area contributed by atoms with Crippen LogP contribution >= 0.6 is 22.9 Å². The van der Waals surface area contributed by atoms with Gasteiger partial charge in [0.15, 0.2) is 4.80 Å². The Morgan fingerprint density at radius 3 is 2.33 bits per heavy atom. The van der Waals surface area contributed by atoms with Gasteiger partial charge in [0.1, 0.15) is 12.4 Å². The molecule has 1 atom stereocenters. The summed E-state index contributed by atoms with van der Waals surface area (Å²) >= 11 is 7.56. The van der Waals surface area contributed by atoms with Crippen LogP contribution in [0.15, 0.2) is 118 Å². The zero-order chi connectivity index (χ0) is 32.2. The van der Waals surface area contributed by atoms with Gasteiger partial charge < -0.3 is 9.47 Å². The van der Waals surface area contributed by atoms with Crippen LogP contribution in [0.1, 0.15) is 60.5 Å². The van der Waals surface area contributed by atoms with Gasteiger partial charge in [0, 0.05) is 16.1 Å². The van der Waals surface area contributed by atoms with Gasteiger partial charge in [-0.3, -0.25) is 9.36 Å². The van der Waals surface area contributed by atoms with E-state index in [-0.39, 0.29) is 12.2 Å². The van der Waals surface area contributed by atoms with E-state index in [9.17, 15) is 9.59 Å². The lowest BCUT2D eigenvalue weighted by Crippen LogP contribution is -2.40. The first-order chi connectivity index (χ1) is 22.3. The van der Waals surface area contributed by atoms with Gasteiger partial charge in [-0.05, 0) is 53.8 Å². The van der Waals surface area contributed by atoms with E-state index in [2.05, 4.69) is 26.0 Å². The van der Waals surface area contributed by atoms with Crippen LogP contribution in [0.3, 0.4) is 0 Å². The van der Waals surface area contributed by atoms with E-state index >= 15 is 0 Å². The van der Waals surface area contributed by atoms with Gasteiger partial charge in [0.05, 0.1) is 28.5 Å². The van der Waals surface area contributed by atoms with E-state index in [0.29, 0.717) is 43.9 Å². The molecule has 0 radical (unpaired) electrons. The van der Waals surface area contributed by atoms with Crippen LogP contribution < -0.4 is 19.6 Å². The third kappa shape index (κ3) is 6.48. The highest BCUT2D eigenvalue weighted by Crippen LogP contribution is 2.35. The standard InChI is InChI=1S/C38H33ClN2O4S/c1-4-44-37(43)33-34(27-10-6-5-7-11-27)40-38-41(35(33)28-18-16-26(17-19-28)24(2)3)36(42)32(46-38)22-25-14-20-30(21-15-25)45-23-29-12-8-9-13-31(29)39/h5-22,24,35H,4,23H2,1-3H3/b32-22-/t35-/m0/s1. The third-order valence-corrected chi connectivity index (χ3v) is 9.17. The maximum absolute atomic E-state index is 14.2. The van der Waals surface area contributed by atoms with Crippen molar-refractivity contribution in [1.82, 2.24) is 4.57 Å². The molecule has 6 rings (SSSR count). The first-order valence-corrected chi connectivity index (χ1v) is 16.4. The molecule has 0 spiro atoms. The number of carbonyl (C=O) groups excluding carboxylic acids is 1. The molecule has 0 fully saturated rings. The summed E-state index contributed by atoms with van der Waals surface area (Å²) in [5.41, 5.74) is 5.10. The second kappa shape index (κ2) is 13.7. The molecule has 1 aliphatic heterocycles. The second-order valence-electron chi connectivity index (χ2n) is 11.2. The van der Waals surface area contributed by atoms with Crippen LogP contribution in [0.5, 0.6) is 5.75 Å². The Bertz CT molecular complexity index is 2080. The Morgan fingerprint density at radius 2 is 1.65 bits per heavy atom. The zero-order valence-electron chi connectivity index (χ0n) is 25.8. The van der Waals surface area contributed by atoms with Crippen molar-refractivity contribution in [3.63, 3.8) is 0 Å². The van der Waals surface area contributed by atoms with Gasteiger partial charge in [-0.1, -0.05) is 122 Å². The lowest BCUT2D eigenvalue weighted by atomic mass is 9.91. The monoisotopic (exact) mass is 648 g/mol. The Kier molecular flexibility index (Phi) is 9.33. The van der Waals surface area contributed by atoms with E-state index in [1.54, 1.807) is 11.5 Å². The van der Waals surface area contributed by atoms with Gasteiger partial charge in [0.25, 0.3) is 5.56 Å². The molecule has 0 unspecified atom stereocenters. The normalized spacial score (nSPS) is 14.6. The largest absolute Gasteiger partial charge is 0.489 e. The van der Waals surface area contributed by atoms with Gasteiger partial charge in [-0.15, -0.1) is 0 Å². The Balaban J connectivity index is 1.44. The molecule has 6 nitrogen and oxygen atoms in total. The Labute approximate surface area is 276 Å². The molecular weight excluding hydrogens is 616 g/mol. The number of benzene rings is 4. The second-order valence-corrected chi connectivity index (χ2v) is 12.6. The maximum atomic E-state index is 14.2. The smallest absolute Gasteiger partial charge is 0.338 e. The number of fused-ring (bicyclic) bond motifs is 1. The quantitative estimate of drug-likeness (QED) is 0.157. The summed E-state index contributed by atoms with van der Waals surface area (Å²) < 4.78 is 13.6. The molecule has 8 heteroatoms. The number of ether oxygens (including phenoxy) is 2. The summed E-state index contributed by atoms with van der Waals surface area (Å²) in [6, 6.07) is 32.1. The van der Waals surface area contributed by atoms with Crippen LogP contribution in [0.25, 0.3) is 11.8 Å². The number of hydrogen-bond acceptors (Lipinski definition) is 6. The van der Waals surface area contributed by atoms with Crippen molar-refractivity contribution in [2.24, 2.45) is 4.99 Å². The van der Waals surface area contributed by atoms with Crippen molar-refractivity contribution in [2.45, 2.75) is 39.3 Å². The van der Waals surface area contributed by atoms with E-state index in [1.807, 2.05) is 97.1 Å². The van der Waals surface area contributed by atoms with Crippen LogP contribution in [0.4, 0.5) is 0 Å². The first kappa shape index (κ1) is 31.3. The average molecular weight is 649 g/mol. The van der Waals surface area contributed by atoms with Crippen molar-refractivity contribution < 1.29 is 14.3 Å². The number of hydrogen-bond donors (Lipinski definition) is 0. The predicted octanol–water partition coefficient (Wildman–Crippen LogP) is 7.29. The molecule has 0 aliphatic carbocycles. The summed E-state index contributed by atoms with van der Waals surface area (Å²) in [5.74, 6) is 0.531. The molecular formula is C38H33ClN2O4S. The van der Waals surface area contributed by atoms with Crippen molar-refractivity contribution in [3.05, 3.63) is 161 Å². The molecule has 46 heavy (non-hydrogen) atoms. The number of aromatic nitrogens is 1. The first-order valence-electron chi connectivity index (χ1n) is 15.2. The lowest BCUT2D eigenvalue weighted by Gasteiger charge is -2.26. The Morgan fingerprint density at radius 1 is 0.957 bits per heavy atom. The molecule has 1 aliphatic rings. The van der Waals surface area contributed by atoms with Crippen molar-refractivity contribution >= 4 is 40.7 Å². The lowest BCUT2D eigenvalue weighted by molar-refractivity contribution is -0.138. The van der Waals surface area contributed by atoms with Crippen LogP contribution in [-0.4, -0.2) is 17.1 Å². The molecule has 0 bridgehead atoms. The van der Waals surface area contributed by atoms with Gasteiger partial charge in [0.2, 0.25) is 0 Å². The number of esters is 1. The highest BCUT2D eigenvalue weighted by atomic mass is 35.5. The van der Waals surface area contributed by atoms with Gasteiger partial charge >= 0.3 is 5.97 Å². The van der Waals surface area contributed by atoms with Crippen LogP contribution in [0.2, 0.25) is 5.02 Å². The summed E-state index contributed by atoms with van der Waals surface area (Å²) in [6.45, 7) is 6.59. The SMILES string of the molecule is CCOC(=O)C1=C(c2ccccc2)N=c2s/c(=C\c3ccc(OCc4ccccc4Cl)cc3)c(=O)n2[C@H]1c1ccc(C(C)C)cc1. The van der Waals surface area contributed by atoms with Gasteiger partial charge in [-0.2, -0.15) is 0 Å². The fraction of sp³-hybridized carbons (Fsp3) is 0.184. The fourth-order valence-corrected chi connectivity index (χ4v) is 6.60. The topological polar surface area (TPSA) is 69.9 Å². The van der Waals surface area contributed by atoms with Crippen molar-refractivity contribution in [1.29, 1.82) is 0 Å². The number of thiazole rings is 1. The van der Waals surface area contributed by atoms with E-state index < -0.39 is 12.0 Å². The van der Waals surface area contributed by atoms with E-state index in [4.69, 9.17) is 26.1 Å². The fourth-order valence-electron chi connectivity index (χ4n) is 5.41. The minimum Gasteiger partial charge on any atom is -0.489 e. The van der Waals surface area contributed by atoms with Crippen molar-refractivity contribution in [2.75, 3.05) is 6.61 Å².